The van der Waals surface area contributed by atoms with Gasteiger partial charge in [0.25, 0.3) is 5.91 Å². The fourth-order valence-electron chi connectivity index (χ4n) is 3.39. The lowest BCUT2D eigenvalue weighted by Gasteiger charge is -2.22. The normalized spacial score (nSPS) is 19.4. The highest BCUT2D eigenvalue weighted by Gasteiger charge is 2.35. The lowest BCUT2D eigenvalue weighted by molar-refractivity contribution is 0.0927. The van der Waals surface area contributed by atoms with E-state index in [1.807, 2.05) is 24.3 Å². The largest absolute Gasteiger partial charge is 0.349 e. The molecule has 10 heteroatoms. The summed E-state index contributed by atoms with van der Waals surface area (Å²) in [7, 11) is -3.45. The number of hydrogen-bond acceptors (Lipinski definition) is 4. The third-order valence-corrected chi connectivity index (χ3v) is 7.12. The Bertz CT molecular complexity index is 1150. The van der Waals surface area contributed by atoms with Gasteiger partial charge in [0, 0.05) is 0 Å². The Kier molecular flexibility index (Phi) is 4.72. The van der Waals surface area contributed by atoms with E-state index in [1.165, 1.54) is 11.3 Å². The van der Waals surface area contributed by atoms with Gasteiger partial charge in [0.05, 0.1) is 33.6 Å². The fourth-order valence-corrected chi connectivity index (χ4v) is 5.63. The van der Waals surface area contributed by atoms with Crippen molar-refractivity contribution < 1.29 is 13.2 Å². The molecule has 0 saturated carbocycles. The molecular formula is C17H15Cl2N3O3S2. The number of nitrogens with one attached hydrogen (secondary N) is 3. The van der Waals surface area contributed by atoms with Gasteiger partial charge >= 0.3 is 0 Å². The monoisotopic (exact) mass is 443 g/mol. The van der Waals surface area contributed by atoms with Crippen LogP contribution in [-0.2, 0) is 16.4 Å². The smallest absolute Gasteiger partial charge is 0.268 e. The molecule has 3 aromatic rings. The van der Waals surface area contributed by atoms with Crippen LogP contribution >= 0.6 is 34.5 Å². The molecule has 0 saturated heterocycles. The van der Waals surface area contributed by atoms with E-state index in [-0.39, 0.29) is 5.91 Å². The average Bonchev–Trinajstić information content (AvgIpc) is 3.22. The zero-order chi connectivity index (χ0) is 19.3. The molecule has 2 atom stereocenters. The molecule has 1 aliphatic carbocycles. The maximum absolute atomic E-state index is 12.7. The lowest BCUT2D eigenvalue weighted by atomic mass is 10.1. The Morgan fingerprint density at radius 2 is 2.04 bits per heavy atom. The molecule has 0 bridgehead atoms. The summed E-state index contributed by atoms with van der Waals surface area (Å²) in [5.41, 5.74) is 2.85. The highest BCUT2D eigenvalue weighted by molar-refractivity contribution is 7.88. The Hall–Kier alpha value is -1.58. The summed E-state index contributed by atoms with van der Waals surface area (Å²) in [6.07, 6.45) is 1.65. The number of thiophene rings is 1. The van der Waals surface area contributed by atoms with Gasteiger partial charge < -0.3 is 10.3 Å². The maximum atomic E-state index is 12.7. The van der Waals surface area contributed by atoms with Crippen LogP contribution in [0, 0.1) is 0 Å². The fraction of sp³-hybridized carbons (Fsp3) is 0.235. The van der Waals surface area contributed by atoms with E-state index in [0.29, 0.717) is 27.0 Å². The minimum atomic E-state index is -3.45. The van der Waals surface area contributed by atoms with E-state index in [9.17, 15) is 13.2 Å². The molecule has 4 rings (SSSR count). The molecule has 27 heavy (non-hydrogen) atoms. The van der Waals surface area contributed by atoms with Crippen molar-refractivity contribution in [1.82, 2.24) is 15.0 Å². The number of hydrogen-bond donors (Lipinski definition) is 3. The van der Waals surface area contributed by atoms with Crippen LogP contribution in [0.15, 0.2) is 30.3 Å². The van der Waals surface area contributed by atoms with Gasteiger partial charge in [-0.05, 0) is 23.6 Å². The number of aromatic amines is 1. The number of fused-ring (bicyclic) bond motifs is 2. The molecular weight excluding hydrogens is 429 g/mol. The van der Waals surface area contributed by atoms with Crippen LogP contribution in [0.25, 0.3) is 10.2 Å². The first-order valence-corrected chi connectivity index (χ1v) is 11.5. The second kappa shape index (κ2) is 6.79. The second-order valence-electron chi connectivity index (χ2n) is 6.46. The molecule has 2 heterocycles. The second-order valence-corrected chi connectivity index (χ2v) is 10.3. The zero-order valence-electron chi connectivity index (χ0n) is 14.0. The number of amides is 1. The van der Waals surface area contributed by atoms with E-state index < -0.39 is 22.1 Å². The van der Waals surface area contributed by atoms with Crippen LogP contribution in [0.2, 0.25) is 9.36 Å². The molecule has 0 fully saturated rings. The van der Waals surface area contributed by atoms with Gasteiger partial charge in [-0.15, -0.1) is 11.3 Å². The van der Waals surface area contributed by atoms with Crippen LogP contribution in [0.4, 0.5) is 0 Å². The van der Waals surface area contributed by atoms with E-state index in [4.69, 9.17) is 23.2 Å². The minimum absolute atomic E-state index is 0.330. The molecule has 2 unspecified atom stereocenters. The summed E-state index contributed by atoms with van der Waals surface area (Å²) in [6.45, 7) is 0. The van der Waals surface area contributed by atoms with Crippen molar-refractivity contribution in [3.05, 3.63) is 56.5 Å². The molecule has 3 N–H and O–H groups in total. The predicted octanol–water partition coefficient (Wildman–Crippen LogP) is 3.48. The summed E-state index contributed by atoms with van der Waals surface area (Å²) >= 11 is 13.4. The van der Waals surface area contributed by atoms with Crippen LogP contribution in [0.3, 0.4) is 0 Å². The number of rotatable bonds is 4. The van der Waals surface area contributed by atoms with Gasteiger partial charge in [-0.2, -0.15) is 0 Å². The first-order chi connectivity index (χ1) is 12.7. The molecule has 0 radical (unpaired) electrons. The molecule has 0 spiro atoms. The maximum Gasteiger partial charge on any atom is 0.268 e. The van der Waals surface area contributed by atoms with Gasteiger partial charge in [-0.1, -0.05) is 47.5 Å². The molecule has 2 aromatic heterocycles. The number of H-pyrrole nitrogens is 1. The van der Waals surface area contributed by atoms with Gasteiger partial charge in [-0.3, -0.25) is 4.79 Å². The summed E-state index contributed by atoms with van der Waals surface area (Å²) in [5, 5.41) is 3.32. The summed E-state index contributed by atoms with van der Waals surface area (Å²) < 4.78 is 27.5. The van der Waals surface area contributed by atoms with Crippen molar-refractivity contribution >= 4 is 60.7 Å². The molecule has 1 amide bonds. The third kappa shape index (κ3) is 3.60. The van der Waals surface area contributed by atoms with Crippen LogP contribution < -0.4 is 10.0 Å². The van der Waals surface area contributed by atoms with Crippen molar-refractivity contribution in [3.63, 3.8) is 0 Å². The number of aromatic nitrogens is 1. The van der Waals surface area contributed by atoms with E-state index >= 15 is 0 Å². The number of sulfonamides is 1. The standard InChI is InChI=1S/C17H15Cl2N3O3S2/c1-27(24,25)22-14-9-5-3-2-4-8(9)6-10(14)21-17(23)11-7-12-15(20-11)13(18)16(19)26-12/h2-5,7,10,14,20,22H,6H2,1H3,(H,21,23). The van der Waals surface area contributed by atoms with Crippen molar-refractivity contribution in [1.29, 1.82) is 0 Å². The lowest BCUT2D eigenvalue weighted by Crippen LogP contribution is -2.44. The molecule has 0 aliphatic heterocycles. The first-order valence-electron chi connectivity index (χ1n) is 8.05. The van der Waals surface area contributed by atoms with Crippen molar-refractivity contribution in [2.24, 2.45) is 0 Å². The number of carbonyl (C=O) groups is 1. The first kappa shape index (κ1) is 18.8. The minimum Gasteiger partial charge on any atom is -0.349 e. The van der Waals surface area contributed by atoms with Crippen molar-refractivity contribution in [2.75, 3.05) is 6.26 Å². The Morgan fingerprint density at radius 3 is 2.74 bits per heavy atom. The summed E-state index contributed by atoms with van der Waals surface area (Å²) in [6, 6.07) is 8.32. The Balaban J connectivity index is 1.60. The van der Waals surface area contributed by atoms with E-state index in [2.05, 4.69) is 15.0 Å². The molecule has 6 nitrogen and oxygen atoms in total. The Labute approximate surface area is 169 Å². The Morgan fingerprint density at radius 1 is 1.30 bits per heavy atom. The zero-order valence-corrected chi connectivity index (χ0v) is 17.2. The predicted molar refractivity (Wildman–Crippen MR) is 108 cm³/mol. The molecule has 1 aliphatic rings. The topological polar surface area (TPSA) is 91.1 Å². The highest BCUT2D eigenvalue weighted by atomic mass is 35.5. The SMILES string of the molecule is CS(=O)(=O)NC1c2ccccc2CC1NC(=O)c1cc2sc(Cl)c(Cl)c2[nH]1. The van der Waals surface area contributed by atoms with Crippen molar-refractivity contribution in [2.45, 2.75) is 18.5 Å². The summed E-state index contributed by atoms with van der Waals surface area (Å²) in [5.74, 6) is -0.330. The van der Waals surface area contributed by atoms with Crippen LogP contribution in [0.5, 0.6) is 0 Å². The van der Waals surface area contributed by atoms with E-state index in [0.717, 1.165) is 22.1 Å². The van der Waals surface area contributed by atoms with Gasteiger partial charge in [0.1, 0.15) is 10.0 Å². The number of benzene rings is 1. The van der Waals surface area contributed by atoms with Gasteiger partial charge in [0.15, 0.2) is 0 Å². The average molecular weight is 444 g/mol. The molecule has 1 aromatic carbocycles. The van der Waals surface area contributed by atoms with E-state index in [1.54, 1.807) is 6.07 Å². The quantitative estimate of drug-likeness (QED) is 0.576. The number of halogens is 2. The summed E-state index contributed by atoms with van der Waals surface area (Å²) in [4.78, 5) is 15.7. The molecule has 142 valence electrons. The van der Waals surface area contributed by atoms with Gasteiger partial charge in [0.2, 0.25) is 10.0 Å². The third-order valence-electron chi connectivity index (χ3n) is 4.51. The van der Waals surface area contributed by atoms with Crippen LogP contribution in [-0.4, -0.2) is 31.6 Å². The number of carbonyl (C=O) groups excluding carboxylic acids is 1. The van der Waals surface area contributed by atoms with Crippen LogP contribution in [0.1, 0.15) is 27.7 Å². The van der Waals surface area contributed by atoms with Crippen molar-refractivity contribution in [3.8, 4) is 0 Å². The highest BCUT2D eigenvalue weighted by Crippen LogP contribution is 2.39. The van der Waals surface area contributed by atoms with Gasteiger partial charge in [-0.25, -0.2) is 13.1 Å².